The van der Waals surface area contributed by atoms with Crippen LogP contribution in [0.4, 0.5) is 5.69 Å². The molecule has 0 saturated carbocycles. The fraction of sp³-hybridized carbons (Fsp3) is 0.375. The Morgan fingerprint density at radius 2 is 1.65 bits per heavy atom. The third-order valence-electron chi connectivity index (χ3n) is 3.54. The smallest absolute Gasteiger partial charge is 0.246 e. The zero-order valence-corrected chi connectivity index (χ0v) is 12.0. The van der Waals surface area contributed by atoms with Gasteiger partial charge < -0.3 is 9.80 Å². The molecule has 1 amide bonds. The van der Waals surface area contributed by atoms with Gasteiger partial charge in [0.2, 0.25) is 5.91 Å². The Labute approximate surface area is 119 Å². The number of hydrogen-bond donors (Lipinski definition) is 0. The zero-order chi connectivity index (χ0) is 14.5. The number of anilines is 1. The Morgan fingerprint density at radius 3 is 2.15 bits per heavy atom. The van der Waals surface area contributed by atoms with Gasteiger partial charge in [0.1, 0.15) is 0 Å². The van der Waals surface area contributed by atoms with Crippen molar-refractivity contribution in [1.82, 2.24) is 4.90 Å². The molecular formula is C16H20N2O2. The lowest BCUT2D eigenvalue weighted by Crippen LogP contribution is -2.48. The van der Waals surface area contributed by atoms with Gasteiger partial charge in [-0.15, -0.1) is 0 Å². The highest BCUT2D eigenvalue weighted by Gasteiger charge is 2.19. The summed E-state index contributed by atoms with van der Waals surface area (Å²) in [6, 6.07) is 7.66. The summed E-state index contributed by atoms with van der Waals surface area (Å²) in [5, 5.41) is 0. The quantitative estimate of drug-likeness (QED) is 0.625. The molecule has 0 aromatic heterocycles. The average molecular weight is 272 g/mol. The topological polar surface area (TPSA) is 40.6 Å². The molecule has 0 atom stereocenters. The highest BCUT2D eigenvalue weighted by molar-refractivity contribution is 5.94. The van der Waals surface area contributed by atoms with Gasteiger partial charge in [-0.3, -0.25) is 9.59 Å². The Bertz CT molecular complexity index is 512. The normalized spacial score (nSPS) is 15.7. The number of rotatable bonds is 3. The van der Waals surface area contributed by atoms with Crippen molar-refractivity contribution in [3.05, 3.63) is 42.0 Å². The summed E-state index contributed by atoms with van der Waals surface area (Å²) in [4.78, 5) is 27.1. The van der Waals surface area contributed by atoms with Gasteiger partial charge in [-0.25, -0.2) is 0 Å². The highest BCUT2D eigenvalue weighted by atomic mass is 16.2. The SMILES string of the molecule is C/C=C/C(=O)N1CCN(c2ccc(C(C)=O)cc2)CC1. The third-order valence-corrected chi connectivity index (χ3v) is 3.54. The Kier molecular flexibility index (Phi) is 4.56. The van der Waals surface area contributed by atoms with Crippen molar-refractivity contribution in [1.29, 1.82) is 0 Å². The van der Waals surface area contributed by atoms with Crippen molar-refractivity contribution in [2.75, 3.05) is 31.1 Å². The molecule has 2 rings (SSSR count). The van der Waals surface area contributed by atoms with Crippen LogP contribution in [0.2, 0.25) is 0 Å². The second kappa shape index (κ2) is 6.37. The fourth-order valence-electron chi connectivity index (χ4n) is 2.34. The number of carbonyl (C=O) groups excluding carboxylic acids is 2. The number of hydrogen-bond acceptors (Lipinski definition) is 3. The lowest BCUT2D eigenvalue weighted by Gasteiger charge is -2.35. The highest BCUT2D eigenvalue weighted by Crippen LogP contribution is 2.17. The molecule has 1 aromatic rings. The standard InChI is InChI=1S/C16H20N2O2/c1-3-4-16(20)18-11-9-17(10-12-18)15-7-5-14(6-8-15)13(2)19/h3-8H,9-12H2,1-2H3/b4-3+. The number of Topliss-reactive ketones (excluding diaryl/α,β-unsaturated/α-hetero) is 1. The van der Waals surface area contributed by atoms with Gasteiger partial charge in [0.25, 0.3) is 0 Å². The van der Waals surface area contributed by atoms with Crippen LogP contribution in [0, 0.1) is 0 Å². The number of allylic oxidation sites excluding steroid dienone is 1. The first-order chi connectivity index (χ1) is 9.61. The number of carbonyl (C=O) groups is 2. The Hall–Kier alpha value is -2.10. The fourth-order valence-corrected chi connectivity index (χ4v) is 2.34. The molecule has 4 heteroatoms. The van der Waals surface area contributed by atoms with Crippen LogP contribution >= 0.6 is 0 Å². The van der Waals surface area contributed by atoms with Crippen molar-refractivity contribution in [2.24, 2.45) is 0 Å². The van der Waals surface area contributed by atoms with E-state index < -0.39 is 0 Å². The minimum absolute atomic E-state index is 0.0818. The summed E-state index contributed by atoms with van der Waals surface area (Å²) < 4.78 is 0. The predicted molar refractivity (Wildman–Crippen MR) is 80.1 cm³/mol. The van der Waals surface area contributed by atoms with Crippen LogP contribution in [-0.4, -0.2) is 42.8 Å². The van der Waals surface area contributed by atoms with Gasteiger partial charge in [-0.2, -0.15) is 0 Å². The number of nitrogens with zero attached hydrogens (tertiary/aromatic N) is 2. The summed E-state index contributed by atoms with van der Waals surface area (Å²) in [7, 11) is 0. The number of ketones is 1. The van der Waals surface area contributed by atoms with E-state index in [1.165, 1.54) is 0 Å². The molecular weight excluding hydrogens is 252 g/mol. The molecule has 20 heavy (non-hydrogen) atoms. The minimum Gasteiger partial charge on any atom is -0.368 e. The van der Waals surface area contributed by atoms with E-state index >= 15 is 0 Å². The van der Waals surface area contributed by atoms with E-state index in [1.54, 1.807) is 19.1 Å². The van der Waals surface area contributed by atoms with Crippen LogP contribution in [0.1, 0.15) is 24.2 Å². The summed E-state index contributed by atoms with van der Waals surface area (Å²) >= 11 is 0. The first kappa shape index (κ1) is 14.3. The van der Waals surface area contributed by atoms with Gasteiger partial charge >= 0.3 is 0 Å². The van der Waals surface area contributed by atoms with Crippen LogP contribution in [0.25, 0.3) is 0 Å². The first-order valence-corrected chi connectivity index (χ1v) is 6.89. The van der Waals surface area contributed by atoms with E-state index in [9.17, 15) is 9.59 Å². The molecule has 0 spiro atoms. The molecule has 0 N–H and O–H groups in total. The maximum absolute atomic E-state index is 11.7. The molecule has 1 aromatic carbocycles. The molecule has 4 nitrogen and oxygen atoms in total. The average Bonchev–Trinajstić information content (AvgIpc) is 2.48. The van der Waals surface area contributed by atoms with Crippen LogP contribution in [-0.2, 0) is 4.79 Å². The second-order valence-electron chi connectivity index (χ2n) is 4.92. The zero-order valence-electron chi connectivity index (χ0n) is 12.0. The summed E-state index contributed by atoms with van der Waals surface area (Å²) in [6.45, 7) is 6.53. The monoisotopic (exact) mass is 272 g/mol. The molecule has 0 bridgehead atoms. The van der Waals surface area contributed by atoms with Crippen LogP contribution in [0.15, 0.2) is 36.4 Å². The van der Waals surface area contributed by atoms with Crippen LogP contribution < -0.4 is 4.90 Å². The summed E-state index contributed by atoms with van der Waals surface area (Å²) in [6.07, 6.45) is 3.38. The molecule has 1 aliphatic rings. The molecule has 1 fully saturated rings. The maximum Gasteiger partial charge on any atom is 0.246 e. The van der Waals surface area contributed by atoms with E-state index in [1.807, 2.05) is 36.1 Å². The number of amides is 1. The predicted octanol–water partition coefficient (Wildman–Crippen LogP) is 2.11. The van der Waals surface area contributed by atoms with Crippen molar-refractivity contribution < 1.29 is 9.59 Å². The van der Waals surface area contributed by atoms with Gasteiger partial charge in [-0.1, -0.05) is 6.08 Å². The Balaban J connectivity index is 1.96. The first-order valence-electron chi connectivity index (χ1n) is 6.89. The van der Waals surface area contributed by atoms with Crippen LogP contribution in [0.3, 0.4) is 0 Å². The Morgan fingerprint density at radius 1 is 1.05 bits per heavy atom. The summed E-state index contributed by atoms with van der Waals surface area (Å²) in [5.74, 6) is 0.164. The molecule has 106 valence electrons. The lowest BCUT2D eigenvalue weighted by atomic mass is 10.1. The van der Waals surface area contributed by atoms with Crippen molar-refractivity contribution in [2.45, 2.75) is 13.8 Å². The largest absolute Gasteiger partial charge is 0.368 e. The van der Waals surface area contributed by atoms with E-state index in [0.29, 0.717) is 0 Å². The van der Waals surface area contributed by atoms with Crippen LogP contribution in [0.5, 0.6) is 0 Å². The number of benzene rings is 1. The van der Waals surface area contributed by atoms with Gasteiger partial charge in [0.15, 0.2) is 5.78 Å². The minimum atomic E-state index is 0.0818. The molecule has 1 aliphatic heterocycles. The molecule has 1 saturated heterocycles. The molecule has 0 aliphatic carbocycles. The molecule has 1 heterocycles. The van der Waals surface area contributed by atoms with E-state index in [-0.39, 0.29) is 11.7 Å². The summed E-state index contributed by atoms with van der Waals surface area (Å²) in [5.41, 5.74) is 1.84. The van der Waals surface area contributed by atoms with Crippen molar-refractivity contribution >= 4 is 17.4 Å². The molecule has 0 radical (unpaired) electrons. The number of piperazine rings is 1. The van der Waals surface area contributed by atoms with E-state index in [0.717, 1.165) is 37.4 Å². The molecule has 0 unspecified atom stereocenters. The van der Waals surface area contributed by atoms with Crippen molar-refractivity contribution in [3.63, 3.8) is 0 Å². The van der Waals surface area contributed by atoms with E-state index in [4.69, 9.17) is 0 Å². The lowest BCUT2D eigenvalue weighted by molar-refractivity contribution is -0.126. The van der Waals surface area contributed by atoms with Gasteiger partial charge in [-0.05, 0) is 44.2 Å². The third kappa shape index (κ3) is 3.26. The van der Waals surface area contributed by atoms with Gasteiger partial charge in [0.05, 0.1) is 0 Å². The maximum atomic E-state index is 11.7. The van der Waals surface area contributed by atoms with E-state index in [2.05, 4.69) is 4.90 Å². The van der Waals surface area contributed by atoms with Crippen molar-refractivity contribution in [3.8, 4) is 0 Å². The second-order valence-corrected chi connectivity index (χ2v) is 4.92. The van der Waals surface area contributed by atoms with Gasteiger partial charge in [0, 0.05) is 37.4 Å².